The Morgan fingerprint density at radius 2 is 2.16 bits per heavy atom. The molecular formula is C21H22Cl2N6OS2. The SMILES string of the molecule is CC1NC2c3c(sc4c3CC(C)(C)OC4)-n3c(SCc4ccc(Cl)cc4Cl)nnc3N2N1. The Labute approximate surface area is 204 Å². The number of thioether (sulfide) groups is 1. The zero-order valence-corrected chi connectivity index (χ0v) is 20.9. The third kappa shape index (κ3) is 3.37. The molecule has 0 aliphatic carbocycles. The van der Waals surface area contributed by atoms with Gasteiger partial charge in [-0.15, -0.1) is 21.5 Å². The number of halogens is 2. The number of rotatable bonds is 3. The molecule has 7 nitrogen and oxygen atoms in total. The first-order valence-corrected chi connectivity index (χ1v) is 13.0. The number of nitrogens with one attached hydrogen (secondary N) is 2. The van der Waals surface area contributed by atoms with Gasteiger partial charge in [0.15, 0.2) is 5.16 Å². The molecule has 6 rings (SSSR count). The number of anilines is 1. The highest BCUT2D eigenvalue weighted by atomic mass is 35.5. The number of hydrazine groups is 1. The fourth-order valence-electron chi connectivity index (χ4n) is 4.50. The molecule has 3 aromatic rings. The zero-order valence-electron chi connectivity index (χ0n) is 17.8. The van der Waals surface area contributed by atoms with E-state index in [0.717, 1.165) is 23.1 Å². The van der Waals surface area contributed by atoms with E-state index in [4.69, 9.17) is 27.9 Å². The van der Waals surface area contributed by atoms with Gasteiger partial charge in [-0.05, 0) is 44.0 Å². The minimum absolute atomic E-state index is 0.0224. The van der Waals surface area contributed by atoms with Crippen molar-refractivity contribution in [3.63, 3.8) is 0 Å². The van der Waals surface area contributed by atoms with Crippen LogP contribution in [0, 0.1) is 0 Å². The van der Waals surface area contributed by atoms with Crippen LogP contribution in [-0.4, -0.2) is 26.5 Å². The van der Waals surface area contributed by atoms with E-state index in [-0.39, 0.29) is 17.9 Å². The number of ether oxygens (including phenoxy) is 1. The van der Waals surface area contributed by atoms with Gasteiger partial charge in [0.2, 0.25) is 5.95 Å². The van der Waals surface area contributed by atoms with Gasteiger partial charge in [-0.2, -0.15) is 0 Å². The summed E-state index contributed by atoms with van der Waals surface area (Å²) in [6.45, 7) is 7.06. The van der Waals surface area contributed by atoms with Crippen LogP contribution in [0.15, 0.2) is 23.4 Å². The average Bonchev–Trinajstić information content (AvgIpc) is 3.40. The molecule has 3 aliphatic rings. The van der Waals surface area contributed by atoms with Crippen LogP contribution in [0.3, 0.4) is 0 Å². The molecule has 0 bridgehead atoms. The highest BCUT2D eigenvalue weighted by Gasteiger charge is 2.45. The first-order valence-electron chi connectivity index (χ1n) is 10.4. The van der Waals surface area contributed by atoms with Gasteiger partial charge in [-0.1, -0.05) is 41.0 Å². The Hall–Kier alpha value is -1.33. The summed E-state index contributed by atoms with van der Waals surface area (Å²) in [5, 5.41) is 18.2. The van der Waals surface area contributed by atoms with E-state index in [9.17, 15) is 0 Å². The standard InChI is InChI=1S/C21H22Cl2N6OS2/c1-10-24-17-16-13-7-21(2,3)30-8-15(13)32-18(16)28-19(29(17)27-10)25-26-20(28)31-9-11-4-5-12(22)6-14(11)23/h4-6,10,17,24,27H,7-9H2,1-3H3. The first kappa shape index (κ1) is 21.2. The highest BCUT2D eigenvalue weighted by Crippen LogP contribution is 2.49. The van der Waals surface area contributed by atoms with Crippen LogP contribution in [0.4, 0.5) is 5.95 Å². The van der Waals surface area contributed by atoms with Gasteiger partial charge in [0.05, 0.1) is 18.4 Å². The van der Waals surface area contributed by atoms with Crippen LogP contribution in [-0.2, 0) is 23.5 Å². The number of thiophene rings is 1. The van der Waals surface area contributed by atoms with Crippen molar-refractivity contribution < 1.29 is 4.74 Å². The fourth-order valence-corrected chi connectivity index (χ4v) is 7.31. The van der Waals surface area contributed by atoms with Gasteiger partial charge in [-0.3, -0.25) is 10.3 Å². The highest BCUT2D eigenvalue weighted by molar-refractivity contribution is 7.98. The van der Waals surface area contributed by atoms with Gasteiger partial charge < -0.3 is 4.74 Å². The molecular weight excluding hydrogens is 487 g/mol. The lowest BCUT2D eigenvalue weighted by atomic mass is 9.92. The maximum atomic E-state index is 6.40. The van der Waals surface area contributed by atoms with E-state index in [2.05, 4.69) is 51.3 Å². The van der Waals surface area contributed by atoms with Gasteiger partial charge in [0.1, 0.15) is 11.2 Å². The quantitative estimate of drug-likeness (QED) is 0.479. The number of hydrogen-bond donors (Lipinski definition) is 2. The van der Waals surface area contributed by atoms with E-state index in [1.54, 1.807) is 29.2 Å². The monoisotopic (exact) mass is 508 g/mol. The first-order chi connectivity index (χ1) is 15.3. The van der Waals surface area contributed by atoms with Crippen LogP contribution >= 0.6 is 46.3 Å². The molecule has 2 unspecified atom stereocenters. The van der Waals surface area contributed by atoms with Gasteiger partial charge in [0.25, 0.3) is 0 Å². The molecule has 11 heteroatoms. The van der Waals surface area contributed by atoms with Crippen molar-refractivity contribution in [2.45, 2.75) is 62.6 Å². The smallest absolute Gasteiger partial charge is 0.249 e. The second-order valence-corrected chi connectivity index (χ2v) is 11.7. The lowest BCUT2D eigenvalue weighted by molar-refractivity contribution is -0.0385. The molecule has 0 radical (unpaired) electrons. The Kier molecular flexibility index (Phi) is 5.04. The lowest BCUT2D eigenvalue weighted by Gasteiger charge is -2.34. The summed E-state index contributed by atoms with van der Waals surface area (Å²) in [4.78, 5) is 1.29. The predicted octanol–water partition coefficient (Wildman–Crippen LogP) is 5.05. The zero-order chi connectivity index (χ0) is 22.2. The van der Waals surface area contributed by atoms with Gasteiger partial charge in [0, 0.05) is 32.7 Å². The summed E-state index contributed by atoms with van der Waals surface area (Å²) in [5.41, 5.74) is 7.02. The number of hydrogen-bond acceptors (Lipinski definition) is 8. The molecule has 1 saturated heterocycles. The molecule has 2 aromatic heterocycles. The molecule has 168 valence electrons. The number of fused-ring (bicyclic) bond motifs is 8. The number of nitrogens with zero attached hydrogens (tertiary/aromatic N) is 4. The van der Waals surface area contributed by atoms with Crippen molar-refractivity contribution in [3.05, 3.63) is 49.8 Å². The van der Waals surface area contributed by atoms with Crippen LogP contribution in [0.1, 0.15) is 48.5 Å². The van der Waals surface area contributed by atoms with Gasteiger partial charge >= 0.3 is 0 Å². The molecule has 5 heterocycles. The van der Waals surface area contributed by atoms with E-state index in [0.29, 0.717) is 22.4 Å². The maximum absolute atomic E-state index is 6.40. The lowest BCUT2D eigenvalue weighted by Crippen LogP contribution is -2.40. The van der Waals surface area contributed by atoms with Gasteiger partial charge in [-0.25, -0.2) is 9.99 Å². The summed E-state index contributed by atoms with van der Waals surface area (Å²) in [7, 11) is 0. The Morgan fingerprint density at radius 1 is 1.31 bits per heavy atom. The minimum atomic E-state index is -0.180. The topological polar surface area (TPSA) is 67.2 Å². The molecule has 32 heavy (non-hydrogen) atoms. The Balaban J connectivity index is 1.43. The second kappa shape index (κ2) is 7.59. The summed E-state index contributed by atoms with van der Waals surface area (Å²) in [6.07, 6.45) is 1.03. The number of benzene rings is 1. The molecule has 0 saturated carbocycles. The summed E-state index contributed by atoms with van der Waals surface area (Å²) >= 11 is 15.9. The largest absolute Gasteiger partial charge is 0.370 e. The van der Waals surface area contributed by atoms with E-state index in [1.165, 1.54) is 21.0 Å². The molecule has 1 aromatic carbocycles. The Bertz CT molecular complexity index is 1230. The molecule has 0 amide bonds. The van der Waals surface area contributed by atoms with E-state index in [1.807, 2.05) is 12.1 Å². The normalized spacial score (nSPS) is 23.0. The van der Waals surface area contributed by atoms with Crippen LogP contribution in [0.2, 0.25) is 10.0 Å². The van der Waals surface area contributed by atoms with Crippen LogP contribution in [0.5, 0.6) is 0 Å². The van der Waals surface area contributed by atoms with Crippen molar-refractivity contribution in [3.8, 4) is 5.00 Å². The van der Waals surface area contributed by atoms with Crippen molar-refractivity contribution in [1.29, 1.82) is 0 Å². The third-order valence-electron chi connectivity index (χ3n) is 5.99. The summed E-state index contributed by atoms with van der Waals surface area (Å²) in [5.74, 6) is 1.47. The predicted molar refractivity (Wildman–Crippen MR) is 129 cm³/mol. The fraction of sp³-hybridized carbons (Fsp3) is 0.429. The van der Waals surface area contributed by atoms with Crippen LogP contribution < -0.4 is 15.8 Å². The number of aromatic nitrogens is 3. The average molecular weight is 509 g/mol. The molecule has 2 N–H and O–H groups in total. The summed E-state index contributed by atoms with van der Waals surface area (Å²) < 4.78 is 8.29. The molecule has 0 spiro atoms. The van der Waals surface area contributed by atoms with Crippen LogP contribution in [0.25, 0.3) is 5.00 Å². The summed E-state index contributed by atoms with van der Waals surface area (Å²) in [6, 6.07) is 5.60. The third-order valence-corrected chi connectivity index (χ3v) is 8.76. The molecule has 1 fully saturated rings. The Morgan fingerprint density at radius 3 is 2.97 bits per heavy atom. The minimum Gasteiger partial charge on any atom is -0.370 e. The second-order valence-electron chi connectivity index (χ2n) is 8.88. The molecule has 2 atom stereocenters. The van der Waals surface area contributed by atoms with Crippen molar-refractivity contribution in [2.75, 3.05) is 5.01 Å². The van der Waals surface area contributed by atoms with E-state index >= 15 is 0 Å². The maximum Gasteiger partial charge on any atom is 0.249 e. The van der Waals surface area contributed by atoms with Crippen molar-refractivity contribution in [2.24, 2.45) is 0 Å². The van der Waals surface area contributed by atoms with Crippen molar-refractivity contribution in [1.82, 2.24) is 25.5 Å². The van der Waals surface area contributed by atoms with E-state index < -0.39 is 0 Å². The molecule has 3 aliphatic heterocycles. The van der Waals surface area contributed by atoms with Crippen molar-refractivity contribution >= 4 is 52.2 Å².